The Balaban J connectivity index is 1.87. The summed E-state index contributed by atoms with van der Waals surface area (Å²) in [4.78, 5) is 12.4. The maximum atomic E-state index is 6.03. The van der Waals surface area contributed by atoms with E-state index in [4.69, 9.17) is 22.3 Å². The Kier molecular flexibility index (Phi) is 3.56. The second-order valence-corrected chi connectivity index (χ2v) is 7.05. The number of nitrogen functional groups attached to an aromatic ring is 1. The van der Waals surface area contributed by atoms with Gasteiger partial charge in [0.15, 0.2) is 0 Å². The number of thiophene rings is 1. The molecule has 2 heterocycles. The lowest BCUT2D eigenvalue weighted by atomic mass is 10.2. The van der Waals surface area contributed by atoms with Crippen LogP contribution < -0.4 is 10.6 Å². The molecule has 1 fully saturated rings. The van der Waals surface area contributed by atoms with Crippen molar-refractivity contribution < 1.29 is 0 Å². The zero-order valence-corrected chi connectivity index (χ0v) is 13.1. The molecule has 0 unspecified atom stereocenters. The van der Waals surface area contributed by atoms with Crippen LogP contribution in [0.5, 0.6) is 0 Å². The van der Waals surface area contributed by atoms with Crippen LogP contribution in [0.15, 0.2) is 12.1 Å². The van der Waals surface area contributed by atoms with Crippen LogP contribution in [-0.2, 0) is 6.54 Å². The van der Waals surface area contributed by atoms with E-state index >= 15 is 0 Å². The molecule has 1 aliphatic carbocycles. The van der Waals surface area contributed by atoms with Crippen molar-refractivity contribution in [3.8, 4) is 0 Å². The lowest BCUT2D eigenvalue weighted by Gasteiger charge is -2.20. The lowest BCUT2D eigenvalue weighted by Crippen LogP contribution is -2.20. The molecule has 4 nitrogen and oxygen atoms in total. The monoisotopic (exact) mass is 308 g/mol. The number of nitrogens with zero attached hydrogens (tertiary/aromatic N) is 3. The van der Waals surface area contributed by atoms with Crippen molar-refractivity contribution in [2.45, 2.75) is 32.2 Å². The van der Waals surface area contributed by atoms with E-state index in [9.17, 15) is 0 Å². The van der Waals surface area contributed by atoms with Gasteiger partial charge in [-0.1, -0.05) is 11.6 Å². The highest BCUT2D eigenvalue weighted by Gasteiger charge is 2.28. The highest BCUT2D eigenvalue weighted by Crippen LogP contribution is 2.39. The predicted octanol–water partition coefficient (Wildman–Crippen LogP) is 3.60. The van der Waals surface area contributed by atoms with Gasteiger partial charge in [-0.3, -0.25) is 0 Å². The highest BCUT2D eigenvalue weighted by atomic mass is 35.5. The Hall–Kier alpha value is -1.33. The molecule has 0 radical (unpaired) electrons. The number of nitrogens with two attached hydrogens (primary N) is 1. The molecule has 0 aliphatic heterocycles. The van der Waals surface area contributed by atoms with Gasteiger partial charge in [0.05, 0.1) is 10.9 Å². The van der Waals surface area contributed by atoms with E-state index in [0.717, 1.165) is 28.1 Å². The van der Waals surface area contributed by atoms with E-state index in [2.05, 4.69) is 9.88 Å². The van der Waals surface area contributed by atoms with E-state index in [1.807, 2.05) is 26.1 Å². The Bertz CT molecular complexity index is 636. The Morgan fingerprint density at radius 1 is 1.40 bits per heavy atom. The van der Waals surface area contributed by atoms with E-state index < -0.39 is 0 Å². The van der Waals surface area contributed by atoms with Crippen molar-refractivity contribution in [3.63, 3.8) is 0 Å². The number of aromatic nitrogens is 2. The molecular weight excluding hydrogens is 292 g/mol. The van der Waals surface area contributed by atoms with E-state index in [0.29, 0.717) is 11.7 Å². The number of hydrogen-bond donors (Lipinski definition) is 1. The molecule has 6 heteroatoms. The molecule has 1 saturated carbocycles. The van der Waals surface area contributed by atoms with Crippen molar-refractivity contribution in [2.75, 3.05) is 17.7 Å². The van der Waals surface area contributed by atoms with Gasteiger partial charge in [0.1, 0.15) is 17.5 Å². The van der Waals surface area contributed by atoms with Crippen LogP contribution in [0.1, 0.15) is 35.0 Å². The number of halogens is 1. The van der Waals surface area contributed by atoms with Gasteiger partial charge in [0.25, 0.3) is 0 Å². The Labute approximate surface area is 127 Å². The van der Waals surface area contributed by atoms with Gasteiger partial charge in [0.2, 0.25) is 0 Å². The second kappa shape index (κ2) is 5.22. The van der Waals surface area contributed by atoms with E-state index in [-0.39, 0.29) is 0 Å². The van der Waals surface area contributed by atoms with Gasteiger partial charge in [-0.15, -0.1) is 11.3 Å². The van der Waals surface area contributed by atoms with Gasteiger partial charge in [-0.05, 0) is 31.9 Å². The number of rotatable bonds is 4. The number of hydrogen-bond acceptors (Lipinski definition) is 5. The zero-order chi connectivity index (χ0) is 14.3. The fourth-order valence-corrected chi connectivity index (χ4v) is 3.32. The topological polar surface area (TPSA) is 55.0 Å². The molecular formula is C14H17ClN4S. The molecule has 2 aromatic rings. The quantitative estimate of drug-likeness (QED) is 0.937. The summed E-state index contributed by atoms with van der Waals surface area (Å²) in [5.41, 5.74) is 6.97. The van der Waals surface area contributed by atoms with Gasteiger partial charge in [-0.25, -0.2) is 9.97 Å². The molecule has 0 saturated heterocycles. The molecule has 0 aromatic carbocycles. The molecule has 20 heavy (non-hydrogen) atoms. The zero-order valence-electron chi connectivity index (χ0n) is 11.6. The third kappa shape index (κ3) is 2.74. The first-order chi connectivity index (χ1) is 9.54. The molecule has 1 aliphatic rings. The van der Waals surface area contributed by atoms with Gasteiger partial charge < -0.3 is 10.6 Å². The molecule has 0 bridgehead atoms. The Morgan fingerprint density at radius 3 is 2.75 bits per heavy atom. The first-order valence-electron chi connectivity index (χ1n) is 6.64. The third-order valence-corrected chi connectivity index (χ3v) is 4.72. The van der Waals surface area contributed by atoms with Crippen molar-refractivity contribution >= 4 is 34.6 Å². The summed E-state index contributed by atoms with van der Waals surface area (Å²) >= 11 is 7.57. The molecule has 0 spiro atoms. The SMILES string of the molecule is Cc1c(N)nc(C2CC2)nc1N(C)Cc1ccc(Cl)s1. The van der Waals surface area contributed by atoms with Crippen LogP contribution in [0.3, 0.4) is 0 Å². The normalized spacial score (nSPS) is 14.6. The van der Waals surface area contributed by atoms with E-state index in [1.54, 1.807) is 11.3 Å². The molecule has 106 valence electrons. The second-order valence-electron chi connectivity index (χ2n) is 5.25. The van der Waals surface area contributed by atoms with E-state index in [1.165, 1.54) is 17.7 Å². The Morgan fingerprint density at radius 2 is 2.15 bits per heavy atom. The maximum absolute atomic E-state index is 6.03. The maximum Gasteiger partial charge on any atom is 0.137 e. The molecule has 0 atom stereocenters. The minimum absolute atomic E-state index is 0.501. The van der Waals surface area contributed by atoms with Crippen LogP contribution in [0.4, 0.5) is 11.6 Å². The summed E-state index contributed by atoms with van der Waals surface area (Å²) in [7, 11) is 2.03. The molecule has 3 rings (SSSR count). The van der Waals surface area contributed by atoms with Crippen LogP contribution >= 0.6 is 22.9 Å². The average Bonchev–Trinajstić information content (AvgIpc) is 3.17. The first-order valence-corrected chi connectivity index (χ1v) is 7.83. The largest absolute Gasteiger partial charge is 0.383 e. The lowest BCUT2D eigenvalue weighted by molar-refractivity contribution is 0.855. The smallest absolute Gasteiger partial charge is 0.137 e. The minimum atomic E-state index is 0.501. The fourth-order valence-electron chi connectivity index (χ4n) is 2.18. The molecule has 2 N–H and O–H groups in total. The van der Waals surface area contributed by atoms with Crippen molar-refractivity contribution in [1.29, 1.82) is 0 Å². The van der Waals surface area contributed by atoms with Crippen LogP contribution in [0.2, 0.25) is 4.34 Å². The van der Waals surface area contributed by atoms with Crippen LogP contribution in [0.25, 0.3) is 0 Å². The molecule has 2 aromatic heterocycles. The van der Waals surface area contributed by atoms with Gasteiger partial charge in [-0.2, -0.15) is 0 Å². The average molecular weight is 309 g/mol. The van der Waals surface area contributed by atoms with Gasteiger partial charge in [0, 0.05) is 23.4 Å². The number of anilines is 2. The minimum Gasteiger partial charge on any atom is -0.383 e. The van der Waals surface area contributed by atoms with Crippen molar-refractivity contribution in [1.82, 2.24) is 9.97 Å². The summed E-state index contributed by atoms with van der Waals surface area (Å²) in [6, 6.07) is 3.97. The summed E-state index contributed by atoms with van der Waals surface area (Å²) in [5, 5.41) is 0. The highest BCUT2D eigenvalue weighted by molar-refractivity contribution is 7.16. The summed E-state index contributed by atoms with van der Waals surface area (Å²) in [6.45, 7) is 2.75. The fraction of sp³-hybridized carbons (Fsp3) is 0.429. The summed E-state index contributed by atoms with van der Waals surface area (Å²) in [5.74, 6) is 2.90. The van der Waals surface area contributed by atoms with Gasteiger partial charge >= 0.3 is 0 Å². The first kappa shape index (κ1) is 13.6. The van der Waals surface area contributed by atoms with Crippen molar-refractivity contribution in [3.05, 3.63) is 32.7 Å². The summed E-state index contributed by atoms with van der Waals surface area (Å²) in [6.07, 6.45) is 2.35. The molecule has 0 amide bonds. The summed E-state index contributed by atoms with van der Waals surface area (Å²) < 4.78 is 0.811. The van der Waals surface area contributed by atoms with Crippen molar-refractivity contribution in [2.24, 2.45) is 0 Å². The predicted molar refractivity (Wildman–Crippen MR) is 84.6 cm³/mol. The standard InChI is InChI=1S/C14H17ClN4S/c1-8-12(16)17-13(9-3-4-9)18-14(8)19(2)7-10-5-6-11(15)20-10/h5-6,9H,3-4,7H2,1-2H3,(H2,16,17,18). The van der Waals surface area contributed by atoms with Crippen LogP contribution in [-0.4, -0.2) is 17.0 Å². The van der Waals surface area contributed by atoms with Crippen LogP contribution in [0, 0.1) is 6.92 Å². The third-order valence-electron chi connectivity index (χ3n) is 3.50.